The van der Waals surface area contributed by atoms with Gasteiger partial charge in [0.25, 0.3) is 0 Å². The van der Waals surface area contributed by atoms with Crippen LogP contribution in [0.25, 0.3) is 6.08 Å². The van der Waals surface area contributed by atoms with Crippen molar-refractivity contribution in [3.8, 4) is 0 Å². The number of hydrogen-bond donors (Lipinski definition) is 1. The lowest BCUT2D eigenvalue weighted by molar-refractivity contribution is -0.116. The summed E-state index contributed by atoms with van der Waals surface area (Å²) in [4.78, 5) is 18.6. The van der Waals surface area contributed by atoms with Gasteiger partial charge in [0.05, 0.1) is 0 Å². The van der Waals surface area contributed by atoms with Crippen LogP contribution in [0.3, 0.4) is 0 Å². The Hall–Kier alpha value is -2.14. The molecule has 0 radical (unpaired) electrons. The topological polar surface area (TPSA) is 45.2 Å². The quantitative estimate of drug-likeness (QED) is 0.863. The lowest BCUT2D eigenvalue weighted by atomic mass is 10.2. The van der Waals surface area contributed by atoms with Crippen molar-refractivity contribution in [1.29, 1.82) is 0 Å². The van der Waals surface area contributed by atoms with Crippen molar-refractivity contribution in [2.75, 3.05) is 18.0 Å². The smallest absolute Gasteiger partial charge is 0.244 e. The number of carbonyl (C=O) groups excluding carboxylic acids is 1. The SMILES string of the molecule is O=C(/C=C/c1ccccc1)NCC1CCCN1c1nccs1. The second-order valence-electron chi connectivity index (χ2n) is 5.29. The molecule has 1 saturated heterocycles. The number of amides is 1. The average Bonchev–Trinajstić information content (AvgIpc) is 3.22. The molecule has 114 valence electrons. The summed E-state index contributed by atoms with van der Waals surface area (Å²) in [5.41, 5.74) is 1.03. The van der Waals surface area contributed by atoms with Crippen molar-refractivity contribution < 1.29 is 4.79 Å². The third kappa shape index (κ3) is 3.74. The van der Waals surface area contributed by atoms with Crippen LogP contribution in [-0.4, -0.2) is 30.0 Å². The molecular formula is C17H19N3OS. The van der Waals surface area contributed by atoms with Gasteiger partial charge < -0.3 is 10.2 Å². The number of hydrogen-bond acceptors (Lipinski definition) is 4. The van der Waals surface area contributed by atoms with Crippen LogP contribution in [0.4, 0.5) is 5.13 Å². The van der Waals surface area contributed by atoms with E-state index >= 15 is 0 Å². The molecule has 1 aromatic carbocycles. The Bertz CT molecular complexity index is 625. The minimum Gasteiger partial charge on any atom is -0.350 e. The summed E-state index contributed by atoms with van der Waals surface area (Å²) in [7, 11) is 0. The molecule has 1 N–H and O–H groups in total. The van der Waals surface area contributed by atoms with Gasteiger partial charge in [0.15, 0.2) is 5.13 Å². The van der Waals surface area contributed by atoms with Crippen molar-refractivity contribution in [2.24, 2.45) is 0 Å². The van der Waals surface area contributed by atoms with Gasteiger partial charge in [0.2, 0.25) is 5.91 Å². The van der Waals surface area contributed by atoms with Crippen molar-refractivity contribution >= 4 is 28.5 Å². The number of rotatable bonds is 5. The van der Waals surface area contributed by atoms with Gasteiger partial charge in [0.1, 0.15) is 0 Å². The molecule has 1 unspecified atom stereocenters. The maximum absolute atomic E-state index is 11.9. The molecule has 0 aliphatic carbocycles. The van der Waals surface area contributed by atoms with Crippen LogP contribution in [0.2, 0.25) is 0 Å². The van der Waals surface area contributed by atoms with Gasteiger partial charge in [0, 0.05) is 36.8 Å². The molecular weight excluding hydrogens is 294 g/mol. The Labute approximate surface area is 134 Å². The number of aromatic nitrogens is 1. The fraction of sp³-hybridized carbons (Fsp3) is 0.294. The first-order valence-corrected chi connectivity index (χ1v) is 8.38. The molecule has 2 aromatic rings. The van der Waals surface area contributed by atoms with Crippen LogP contribution in [0.15, 0.2) is 48.0 Å². The third-order valence-electron chi connectivity index (χ3n) is 3.78. The monoisotopic (exact) mass is 313 g/mol. The van der Waals surface area contributed by atoms with Crippen molar-refractivity contribution in [1.82, 2.24) is 10.3 Å². The molecule has 3 rings (SSSR count). The highest BCUT2D eigenvalue weighted by Crippen LogP contribution is 2.26. The number of nitrogens with one attached hydrogen (secondary N) is 1. The summed E-state index contributed by atoms with van der Waals surface area (Å²) >= 11 is 1.65. The summed E-state index contributed by atoms with van der Waals surface area (Å²) in [5.74, 6) is -0.0464. The van der Waals surface area contributed by atoms with Gasteiger partial charge in [-0.25, -0.2) is 4.98 Å². The molecule has 1 aromatic heterocycles. The van der Waals surface area contributed by atoms with E-state index in [2.05, 4.69) is 15.2 Å². The van der Waals surface area contributed by atoms with Gasteiger partial charge in [-0.1, -0.05) is 30.3 Å². The maximum Gasteiger partial charge on any atom is 0.244 e. The summed E-state index contributed by atoms with van der Waals surface area (Å²) in [6, 6.07) is 10.2. The van der Waals surface area contributed by atoms with Crippen LogP contribution in [0.1, 0.15) is 18.4 Å². The van der Waals surface area contributed by atoms with E-state index in [0.717, 1.165) is 30.1 Å². The Kier molecular flexibility index (Phi) is 4.85. The lowest BCUT2D eigenvalue weighted by Gasteiger charge is -2.23. The van der Waals surface area contributed by atoms with Crippen LogP contribution < -0.4 is 10.2 Å². The molecule has 4 nitrogen and oxygen atoms in total. The van der Waals surface area contributed by atoms with Crippen LogP contribution in [0.5, 0.6) is 0 Å². The third-order valence-corrected chi connectivity index (χ3v) is 4.59. The number of anilines is 1. The second-order valence-corrected chi connectivity index (χ2v) is 6.17. The average molecular weight is 313 g/mol. The molecule has 1 atom stereocenters. The fourth-order valence-electron chi connectivity index (χ4n) is 2.67. The molecule has 22 heavy (non-hydrogen) atoms. The van der Waals surface area contributed by atoms with E-state index in [-0.39, 0.29) is 5.91 Å². The largest absolute Gasteiger partial charge is 0.350 e. The Morgan fingerprint density at radius 3 is 3.05 bits per heavy atom. The van der Waals surface area contributed by atoms with Crippen molar-refractivity contribution in [3.05, 3.63) is 53.5 Å². The number of thiazole rings is 1. The minimum atomic E-state index is -0.0464. The van der Waals surface area contributed by atoms with E-state index in [4.69, 9.17) is 0 Å². The van der Waals surface area contributed by atoms with E-state index < -0.39 is 0 Å². The van der Waals surface area contributed by atoms with Gasteiger partial charge in [-0.3, -0.25) is 4.79 Å². The zero-order valence-electron chi connectivity index (χ0n) is 12.3. The summed E-state index contributed by atoms with van der Waals surface area (Å²) in [6.45, 7) is 1.69. The van der Waals surface area contributed by atoms with Crippen molar-refractivity contribution in [2.45, 2.75) is 18.9 Å². The first-order chi connectivity index (χ1) is 10.8. The fourth-order valence-corrected chi connectivity index (χ4v) is 3.41. The number of benzene rings is 1. The van der Waals surface area contributed by atoms with Gasteiger partial charge in [-0.05, 0) is 24.5 Å². The highest BCUT2D eigenvalue weighted by molar-refractivity contribution is 7.13. The molecule has 0 spiro atoms. The summed E-state index contributed by atoms with van der Waals surface area (Å²) in [5, 5.41) is 6.04. The minimum absolute atomic E-state index is 0.0464. The predicted octanol–water partition coefficient (Wildman–Crippen LogP) is 2.94. The number of nitrogens with zero attached hydrogens (tertiary/aromatic N) is 2. The standard InChI is InChI=1S/C17H19N3OS/c21-16(9-8-14-5-2-1-3-6-14)19-13-15-7-4-11-20(15)17-18-10-12-22-17/h1-3,5-6,8-10,12,15H,4,7,11,13H2,(H,19,21)/b9-8+. The maximum atomic E-state index is 11.9. The second kappa shape index (κ2) is 7.22. The van der Waals surface area contributed by atoms with Gasteiger partial charge in [-0.2, -0.15) is 0 Å². The molecule has 0 saturated carbocycles. The Morgan fingerprint density at radius 1 is 1.41 bits per heavy atom. The first kappa shape index (κ1) is 14.8. The molecule has 1 fully saturated rings. The van der Waals surface area contributed by atoms with E-state index in [9.17, 15) is 4.79 Å². The first-order valence-electron chi connectivity index (χ1n) is 7.50. The molecule has 1 amide bonds. The molecule has 5 heteroatoms. The zero-order valence-corrected chi connectivity index (χ0v) is 13.1. The van der Waals surface area contributed by atoms with E-state index in [1.54, 1.807) is 17.4 Å². The highest BCUT2D eigenvalue weighted by Gasteiger charge is 2.26. The summed E-state index contributed by atoms with van der Waals surface area (Å²) < 4.78 is 0. The molecule has 1 aliphatic heterocycles. The van der Waals surface area contributed by atoms with Crippen LogP contribution in [0, 0.1) is 0 Å². The van der Waals surface area contributed by atoms with Crippen LogP contribution >= 0.6 is 11.3 Å². The van der Waals surface area contributed by atoms with Crippen molar-refractivity contribution in [3.63, 3.8) is 0 Å². The van der Waals surface area contributed by atoms with Crippen LogP contribution in [-0.2, 0) is 4.79 Å². The Balaban J connectivity index is 1.51. The van der Waals surface area contributed by atoms with E-state index in [1.807, 2.05) is 48.0 Å². The highest BCUT2D eigenvalue weighted by atomic mass is 32.1. The molecule has 1 aliphatic rings. The summed E-state index contributed by atoms with van der Waals surface area (Å²) in [6.07, 6.45) is 7.51. The van der Waals surface area contributed by atoms with E-state index in [0.29, 0.717) is 12.6 Å². The number of carbonyl (C=O) groups is 1. The lowest BCUT2D eigenvalue weighted by Crippen LogP contribution is -2.39. The van der Waals surface area contributed by atoms with Gasteiger partial charge in [-0.15, -0.1) is 11.3 Å². The molecule has 2 heterocycles. The van der Waals surface area contributed by atoms with Gasteiger partial charge >= 0.3 is 0 Å². The normalized spacial score (nSPS) is 18.0. The molecule has 0 bridgehead atoms. The van der Waals surface area contributed by atoms with E-state index in [1.165, 1.54) is 0 Å². The zero-order chi connectivity index (χ0) is 15.2. The Morgan fingerprint density at radius 2 is 2.27 bits per heavy atom. The predicted molar refractivity (Wildman–Crippen MR) is 91.0 cm³/mol.